The number of hydrogen-bond acceptors (Lipinski definition) is 3. The summed E-state index contributed by atoms with van der Waals surface area (Å²) in [5.41, 5.74) is 0. The highest BCUT2D eigenvalue weighted by Gasteiger charge is 2.14. The molecule has 1 saturated heterocycles. The molecule has 2 heterocycles. The first-order valence-electron chi connectivity index (χ1n) is 4.87. The van der Waals surface area contributed by atoms with Gasteiger partial charge in [-0.3, -0.25) is 4.90 Å². The maximum absolute atomic E-state index is 5.45. The highest BCUT2D eigenvalue weighted by molar-refractivity contribution is 5.08. The van der Waals surface area contributed by atoms with E-state index >= 15 is 0 Å². The smallest absolute Gasteiger partial charge is 0.129 e. The van der Waals surface area contributed by atoms with Crippen molar-refractivity contribution in [3.05, 3.63) is 24.5 Å². The molecule has 2 aliphatic heterocycles. The Morgan fingerprint density at radius 1 is 1.31 bits per heavy atom. The van der Waals surface area contributed by atoms with Crippen LogP contribution >= 0.6 is 0 Å². The van der Waals surface area contributed by atoms with Gasteiger partial charge in [0.2, 0.25) is 0 Å². The van der Waals surface area contributed by atoms with Gasteiger partial charge in [0.15, 0.2) is 0 Å². The molecule has 2 rings (SSSR count). The van der Waals surface area contributed by atoms with Gasteiger partial charge < -0.3 is 10.1 Å². The molecule has 0 aromatic carbocycles. The highest BCUT2D eigenvalue weighted by atomic mass is 16.5. The van der Waals surface area contributed by atoms with Crippen LogP contribution in [0.25, 0.3) is 0 Å². The Labute approximate surface area is 79.1 Å². The van der Waals surface area contributed by atoms with Gasteiger partial charge in [0.25, 0.3) is 0 Å². The van der Waals surface area contributed by atoms with Gasteiger partial charge in [-0.15, -0.1) is 0 Å². The minimum Gasteiger partial charge on any atom is -0.493 e. The van der Waals surface area contributed by atoms with E-state index in [2.05, 4.69) is 22.4 Å². The van der Waals surface area contributed by atoms with E-state index in [0.717, 1.165) is 32.7 Å². The molecule has 3 nitrogen and oxygen atoms in total. The largest absolute Gasteiger partial charge is 0.493 e. The van der Waals surface area contributed by atoms with Crippen molar-refractivity contribution >= 4 is 0 Å². The highest BCUT2D eigenvalue weighted by Crippen LogP contribution is 2.05. The minimum absolute atomic E-state index is 0.253. The second kappa shape index (κ2) is 4.44. The summed E-state index contributed by atoms with van der Waals surface area (Å²) in [6, 6.07) is 0. The second-order valence-electron chi connectivity index (χ2n) is 3.44. The van der Waals surface area contributed by atoms with E-state index in [-0.39, 0.29) is 6.10 Å². The fraction of sp³-hybridized carbons (Fsp3) is 0.600. The summed E-state index contributed by atoms with van der Waals surface area (Å²) in [7, 11) is 0. The van der Waals surface area contributed by atoms with Crippen molar-refractivity contribution in [3.8, 4) is 0 Å². The Hall–Kier alpha value is -0.800. The van der Waals surface area contributed by atoms with Gasteiger partial charge in [-0.1, -0.05) is 6.08 Å². The first kappa shape index (κ1) is 8.78. The summed E-state index contributed by atoms with van der Waals surface area (Å²) in [5.74, 6) is 0. The van der Waals surface area contributed by atoms with Crippen LogP contribution in [0.3, 0.4) is 0 Å². The third-order valence-corrected chi connectivity index (χ3v) is 2.42. The monoisotopic (exact) mass is 180 g/mol. The van der Waals surface area contributed by atoms with Crippen molar-refractivity contribution in [2.75, 3.05) is 32.7 Å². The van der Waals surface area contributed by atoms with Crippen LogP contribution < -0.4 is 5.32 Å². The van der Waals surface area contributed by atoms with E-state index in [1.165, 1.54) is 0 Å². The zero-order valence-corrected chi connectivity index (χ0v) is 7.78. The van der Waals surface area contributed by atoms with Gasteiger partial charge >= 0.3 is 0 Å². The molecular weight excluding hydrogens is 164 g/mol. The Balaban J connectivity index is 1.76. The van der Waals surface area contributed by atoms with Gasteiger partial charge in [-0.2, -0.15) is 0 Å². The van der Waals surface area contributed by atoms with Crippen LogP contribution in [0.5, 0.6) is 0 Å². The first-order valence-corrected chi connectivity index (χ1v) is 4.87. The van der Waals surface area contributed by atoms with E-state index in [4.69, 9.17) is 4.74 Å². The molecule has 1 atom stereocenters. The van der Waals surface area contributed by atoms with Crippen molar-refractivity contribution < 1.29 is 4.74 Å². The van der Waals surface area contributed by atoms with Crippen LogP contribution in [0.1, 0.15) is 0 Å². The number of nitrogens with one attached hydrogen (secondary N) is 1. The topological polar surface area (TPSA) is 24.5 Å². The zero-order chi connectivity index (χ0) is 8.93. The van der Waals surface area contributed by atoms with Crippen molar-refractivity contribution in [1.82, 2.24) is 10.2 Å². The van der Waals surface area contributed by atoms with Crippen LogP contribution in [0, 0.1) is 0 Å². The fourth-order valence-corrected chi connectivity index (χ4v) is 1.68. The number of allylic oxidation sites excluding steroid dienone is 2. The number of nitrogens with zero attached hydrogens (tertiary/aromatic N) is 1. The van der Waals surface area contributed by atoms with Crippen LogP contribution in [0.15, 0.2) is 24.5 Å². The standard InChI is InChI=1S/C10H16N2O/c1-2-8-13-10(3-1)9-12-6-4-11-5-7-12/h1-3,8,10-11H,4-7,9H2/t10-/m0/s1. The molecule has 13 heavy (non-hydrogen) atoms. The molecule has 3 heteroatoms. The summed E-state index contributed by atoms with van der Waals surface area (Å²) < 4.78 is 5.45. The van der Waals surface area contributed by atoms with Crippen molar-refractivity contribution in [3.63, 3.8) is 0 Å². The lowest BCUT2D eigenvalue weighted by Gasteiger charge is -2.29. The fourth-order valence-electron chi connectivity index (χ4n) is 1.68. The van der Waals surface area contributed by atoms with Crippen LogP contribution in [0.4, 0.5) is 0 Å². The molecule has 0 bridgehead atoms. The molecular formula is C10H16N2O. The predicted octanol–water partition coefficient (Wildman–Crippen LogP) is 0.360. The minimum atomic E-state index is 0.253. The molecule has 0 radical (unpaired) electrons. The van der Waals surface area contributed by atoms with Gasteiger partial charge in [-0.25, -0.2) is 0 Å². The van der Waals surface area contributed by atoms with Crippen LogP contribution in [0.2, 0.25) is 0 Å². The Kier molecular flexibility index (Phi) is 3.00. The molecule has 0 aliphatic carbocycles. The summed E-state index contributed by atoms with van der Waals surface area (Å²) >= 11 is 0. The lowest BCUT2D eigenvalue weighted by molar-refractivity contribution is 0.117. The predicted molar refractivity (Wildman–Crippen MR) is 52.5 cm³/mol. The van der Waals surface area contributed by atoms with E-state index in [1.807, 2.05) is 6.08 Å². The third-order valence-electron chi connectivity index (χ3n) is 2.42. The van der Waals surface area contributed by atoms with Gasteiger partial charge in [-0.05, 0) is 12.2 Å². The van der Waals surface area contributed by atoms with Crippen molar-refractivity contribution in [2.24, 2.45) is 0 Å². The molecule has 0 unspecified atom stereocenters. The van der Waals surface area contributed by atoms with E-state index in [0.29, 0.717) is 0 Å². The van der Waals surface area contributed by atoms with Gasteiger partial charge in [0.1, 0.15) is 6.10 Å². The van der Waals surface area contributed by atoms with Crippen molar-refractivity contribution in [1.29, 1.82) is 0 Å². The zero-order valence-electron chi connectivity index (χ0n) is 7.78. The lowest BCUT2D eigenvalue weighted by atomic mass is 10.2. The van der Waals surface area contributed by atoms with E-state index in [9.17, 15) is 0 Å². The lowest BCUT2D eigenvalue weighted by Crippen LogP contribution is -2.46. The molecule has 72 valence electrons. The Bertz CT molecular complexity index is 207. The van der Waals surface area contributed by atoms with Crippen molar-refractivity contribution in [2.45, 2.75) is 6.10 Å². The summed E-state index contributed by atoms with van der Waals surface area (Å²) in [6.45, 7) is 5.50. The average Bonchev–Trinajstić information content (AvgIpc) is 2.21. The Morgan fingerprint density at radius 2 is 2.15 bits per heavy atom. The normalized spacial score (nSPS) is 28.8. The van der Waals surface area contributed by atoms with Crippen LogP contribution in [-0.4, -0.2) is 43.7 Å². The molecule has 0 amide bonds. The average molecular weight is 180 g/mol. The number of hydrogen-bond donors (Lipinski definition) is 1. The molecule has 0 saturated carbocycles. The summed E-state index contributed by atoms with van der Waals surface area (Å²) in [6.07, 6.45) is 8.11. The van der Waals surface area contributed by atoms with Crippen LogP contribution in [-0.2, 0) is 4.74 Å². The number of ether oxygens (including phenoxy) is 1. The molecule has 0 aromatic heterocycles. The maximum atomic E-state index is 5.45. The SMILES string of the molecule is C1=CO[C@H](CN2CCNCC2)C=C1. The molecule has 0 spiro atoms. The number of piperazine rings is 1. The second-order valence-corrected chi connectivity index (χ2v) is 3.44. The number of rotatable bonds is 2. The quantitative estimate of drug-likeness (QED) is 0.664. The van der Waals surface area contributed by atoms with E-state index < -0.39 is 0 Å². The maximum Gasteiger partial charge on any atom is 0.129 e. The molecule has 0 aromatic rings. The van der Waals surface area contributed by atoms with Gasteiger partial charge in [0.05, 0.1) is 6.26 Å². The van der Waals surface area contributed by atoms with E-state index in [1.54, 1.807) is 6.26 Å². The molecule has 1 N–H and O–H groups in total. The Morgan fingerprint density at radius 3 is 2.85 bits per heavy atom. The third kappa shape index (κ3) is 2.57. The van der Waals surface area contributed by atoms with Gasteiger partial charge in [0, 0.05) is 32.7 Å². The molecule has 2 aliphatic rings. The summed E-state index contributed by atoms with van der Waals surface area (Å²) in [4.78, 5) is 2.44. The first-order chi connectivity index (χ1) is 6.45. The molecule has 1 fully saturated rings. The summed E-state index contributed by atoms with van der Waals surface area (Å²) in [5, 5.41) is 3.34.